The molecule has 0 spiro atoms. The van der Waals surface area contributed by atoms with E-state index in [1.54, 1.807) is 11.8 Å². The zero-order valence-corrected chi connectivity index (χ0v) is 22.2. The minimum atomic E-state index is -0.137. The van der Waals surface area contributed by atoms with Crippen molar-refractivity contribution in [3.8, 4) is 17.1 Å². The fourth-order valence-corrected chi connectivity index (χ4v) is 5.74. The summed E-state index contributed by atoms with van der Waals surface area (Å²) in [6.07, 6.45) is 11.0. The van der Waals surface area contributed by atoms with Crippen LogP contribution in [-0.2, 0) is 0 Å². The van der Waals surface area contributed by atoms with Crippen molar-refractivity contribution in [2.75, 3.05) is 52.1 Å². The van der Waals surface area contributed by atoms with Crippen LogP contribution in [0, 0.1) is 0 Å². The summed E-state index contributed by atoms with van der Waals surface area (Å²) in [7, 11) is 0. The number of hydrogen-bond acceptors (Lipinski definition) is 6. The standard InChI is InChI=1S/C28H39N5O2S/c1-36-25(20-33-13-8-23(34)9-14-33)17-22-18-28(31-30-22)27-16-21-6-7-24(19-26(21)29-27)35-15-5-12-32-10-3-2-4-11-32/h6-7,16-19,23,29,34H,2-5,8-15,20H2,1H3,(H,30,31)/b25-17-. The second-order valence-electron chi connectivity index (χ2n) is 10.1. The molecule has 1 aromatic carbocycles. The van der Waals surface area contributed by atoms with E-state index >= 15 is 0 Å². The summed E-state index contributed by atoms with van der Waals surface area (Å²) in [5.74, 6) is 0.912. The van der Waals surface area contributed by atoms with E-state index < -0.39 is 0 Å². The third-order valence-corrected chi connectivity index (χ3v) is 8.09. The topological polar surface area (TPSA) is 80.4 Å². The van der Waals surface area contributed by atoms with Gasteiger partial charge in [-0.1, -0.05) is 6.42 Å². The Morgan fingerprint density at radius 2 is 1.94 bits per heavy atom. The number of aromatic nitrogens is 3. The van der Waals surface area contributed by atoms with Gasteiger partial charge < -0.3 is 19.7 Å². The molecule has 0 unspecified atom stereocenters. The van der Waals surface area contributed by atoms with Gasteiger partial charge in [0.15, 0.2) is 0 Å². The van der Waals surface area contributed by atoms with Crippen molar-refractivity contribution < 1.29 is 9.84 Å². The molecule has 8 heteroatoms. The molecule has 2 aliphatic rings. The van der Waals surface area contributed by atoms with Gasteiger partial charge in [0.2, 0.25) is 0 Å². The predicted octanol–water partition coefficient (Wildman–Crippen LogP) is 4.97. The van der Waals surface area contributed by atoms with E-state index in [4.69, 9.17) is 4.74 Å². The Bertz CT molecular complexity index is 1140. The number of aromatic amines is 2. The highest BCUT2D eigenvalue weighted by atomic mass is 32.2. The molecule has 0 saturated carbocycles. The van der Waals surface area contributed by atoms with E-state index in [0.29, 0.717) is 0 Å². The summed E-state index contributed by atoms with van der Waals surface area (Å²) in [6.45, 7) is 7.17. The number of piperidine rings is 2. The molecule has 2 aliphatic heterocycles. The predicted molar refractivity (Wildman–Crippen MR) is 149 cm³/mol. The van der Waals surface area contributed by atoms with Gasteiger partial charge in [0.25, 0.3) is 0 Å². The first-order chi connectivity index (χ1) is 17.7. The van der Waals surface area contributed by atoms with Crippen LogP contribution in [-0.4, -0.2) is 88.3 Å². The van der Waals surface area contributed by atoms with Gasteiger partial charge in [-0.2, -0.15) is 5.10 Å². The van der Waals surface area contributed by atoms with Crippen LogP contribution in [0.25, 0.3) is 28.4 Å². The third-order valence-electron chi connectivity index (χ3n) is 7.32. The molecular formula is C28H39N5O2S. The Balaban J connectivity index is 1.18. The van der Waals surface area contributed by atoms with Crippen LogP contribution in [0.4, 0.5) is 0 Å². The lowest BCUT2D eigenvalue weighted by molar-refractivity contribution is 0.0878. The molecule has 2 aromatic heterocycles. The Hall–Kier alpha value is -2.26. The van der Waals surface area contributed by atoms with E-state index in [-0.39, 0.29) is 6.10 Å². The average molecular weight is 510 g/mol. The molecule has 5 rings (SSSR count). The Morgan fingerprint density at radius 3 is 2.75 bits per heavy atom. The lowest BCUT2D eigenvalue weighted by Crippen LogP contribution is -2.36. The molecule has 3 aromatic rings. The molecule has 2 fully saturated rings. The fourth-order valence-electron chi connectivity index (χ4n) is 5.18. The van der Waals surface area contributed by atoms with Crippen LogP contribution in [0.5, 0.6) is 5.75 Å². The van der Waals surface area contributed by atoms with Crippen molar-refractivity contribution in [2.24, 2.45) is 0 Å². The third kappa shape index (κ3) is 6.73. The first-order valence-electron chi connectivity index (χ1n) is 13.3. The zero-order valence-electron chi connectivity index (χ0n) is 21.3. The van der Waals surface area contributed by atoms with E-state index in [0.717, 1.165) is 85.8 Å². The van der Waals surface area contributed by atoms with Crippen LogP contribution in [0.1, 0.15) is 44.2 Å². The number of nitrogens with one attached hydrogen (secondary N) is 2. The van der Waals surface area contributed by atoms with Crippen LogP contribution in [0.3, 0.4) is 0 Å². The highest BCUT2D eigenvalue weighted by Crippen LogP contribution is 2.27. The molecule has 7 nitrogen and oxygen atoms in total. The molecule has 0 amide bonds. The van der Waals surface area contributed by atoms with Gasteiger partial charge in [0.05, 0.1) is 24.1 Å². The molecular weight excluding hydrogens is 470 g/mol. The average Bonchev–Trinajstić information content (AvgIpc) is 3.55. The van der Waals surface area contributed by atoms with Gasteiger partial charge in [-0.05, 0) is 81.8 Å². The molecule has 0 radical (unpaired) electrons. The van der Waals surface area contributed by atoms with Gasteiger partial charge in [-0.3, -0.25) is 10.00 Å². The maximum atomic E-state index is 9.75. The van der Waals surface area contributed by atoms with Crippen molar-refractivity contribution in [1.29, 1.82) is 0 Å². The van der Waals surface area contributed by atoms with Crippen molar-refractivity contribution in [3.63, 3.8) is 0 Å². The number of likely N-dealkylation sites (tertiary alicyclic amines) is 2. The summed E-state index contributed by atoms with van der Waals surface area (Å²) >= 11 is 1.77. The van der Waals surface area contributed by atoms with Gasteiger partial charge in [0, 0.05) is 48.1 Å². The molecule has 36 heavy (non-hydrogen) atoms. The lowest BCUT2D eigenvalue weighted by Gasteiger charge is -2.29. The summed E-state index contributed by atoms with van der Waals surface area (Å²) in [4.78, 5) is 9.78. The number of H-pyrrole nitrogens is 2. The Labute approximate surface area is 218 Å². The minimum Gasteiger partial charge on any atom is -0.493 e. The first-order valence-corrected chi connectivity index (χ1v) is 14.6. The number of fused-ring (bicyclic) bond motifs is 1. The Kier molecular flexibility index (Phi) is 8.69. The van der Waals surface area contributed by atoms with Crippen molar-refractivity contribution in [2.45, 2.75) is 44.6 Å². The molecule has 0 atom stereocenters. The second-order valence-corrected chi connectivity index (χ2v) is 11.0. The van der Waals surface area contributed by atoms with Gasteiger partial charge >= 0.3 is 0 Å². The summed E-state index contributed by atoms with van der Waals surface area (Å²) < 4.78 is 6.05. The second kappa shape index (κ2) is 12.3. The number of hydrogen-bond donors (Lipinski definition) is 3. The highest BCUT2D eigenvalue weighted by Gasteiger charge is 2.18. The van der Waals surface area contributed by atoms with E-state index in [1.165, 1.54) is 37.3 Å². The minimum absolute atomic E-state index is 0.137. The number of aliphatic hydroxyl groups is 1. The molecule has 3 N–H and O–H groups in total. The molecule has 194 valence electrons. The van der Waals surface area contributed by atoms with Gasteiger partial charge in [0.1, 0.15) is 11.4 Å². The smallest absolute Gasteiger partial charge is 0.121 e. The van der Waals surface area contributed by atoms with Crippen molar-refractivity contribution in [1.82, 2.24) is 25.0 Å². The molecule has 0 aliphatic carbocycles. The summed E-state index contributed by atoms with van der Waals surface area (Å²) in [5, 5.41) is 18.7. The first kappa shape index (κ1) is 25.4. The monoisotopic (exact) mass is 509 g/mol. The number of aliphatic hydroxyl groups excluding tert-OH is 1. The normalized spacial score (nSPS) is 18.8. The SMILES string of the molecule is CS/C(=C\c1cc(-c2cc3ccc(OCCCN4CCCCC4)cc3[nH]2)n[nH]1)CN1CCC(O)CC1. The number of benzene rings is 1. The van der Waals surface area contributed by atoms with Gasteiger partial charge in [-0.15, -0.1) is 11.8 Å². The van der Waals surface area contributed by atoms with Crippen LogP contribution in [0.15, 0.2) is 35.2 Å². The zero-order chi connectivity index (χ0) is 24.7. The number of thioether (sulfide) groups is 1. The molecule has 2 saturated heterocycles. The molecule has 4 heterocycles. The van der Waals surface area contributed by atoms with E-state index in [2.05, 4.69) is 67.6 Å². The number of rotatable bonds is 10. The maximum Gasteiger partial charge on any atom is 0.121 e. The van der Waals surface area contributed by atoms with E-state index in [1.807, 2.05) is 0 Å². The molecule has 0 bridgehead atoms. The Morgan fingerprint density at radius 1 is 1.11 bits per heavy atom. The lowest BCUT2D eigenvalue weighted by atomic mass is 10.1. The van der Waals surface area contributed by atoms with Crippen LogP contribution < -0.4 is 4.74 Å². The number of nitrogens with zero attached hydrogens (tertiary/aromatic N) is 3. The maximum absolute atomic E-state index is 9.75. The van der Waals surface area contributed by atoms with Crippen molar-refractivity contribution >= 4 is 28.7 Å². The quantitative estimate of drug-likeness (QED) is 0.335. The largest absolute Gasteiger partial charge is 0.493 e. The van der Waals surface area contributed by atoms with E-state index in [9.17, 15) is 5.11 Å². The van der Waals surface area contributed by atoms with Crippen LogP contribution in [0.2, 0.25) is 0 Å². The fraction of sp³-hybridized carbons (Fsp3) is 0.536. The summed E-state index contributed by atoms with van der Waals surface area (Å²) in [6, 6.07) is 10.5. The van der Waals surface area contributed by atoms with Crippen LogP contribution >= 0.6 is 11.8 Å². The van der Waals surface area contributed by atoms with Gasteiger partial charge in [-0.25, -0.2) is 0 Å². The number of ether oxygens (including phenoxy) is 1. The highest BCUT2D eigenvalue weighted by molar-refractivity contribution is 8.02. The van der Waals surface area contributed by atoms with Crippen molar-refractivity contribution in [3.05, 3.63) is 40.9 Å². The summed E-state index contributed by atoms with van der Waals surface area (Å²) in [5.41, 5.74) is 3.97.